The second-order valence-electron chi connectivity index (χ2n) is 4.19. The summed E-state index contributed by atoms with van der Waals surface area (Å²) in [6, 6.07) is 0.577. The van der Waals surface area contributed by atoms with Gasteiger partial charge in [0.2, 0.25) is 5.95 Å². The van der Waals surface area contributed by atoms with Gasteiger partial charge < -0.3 is 14.8 Å². The Bertz CT molecular complexity index is 317. The Hall–Kier alpha value is -1.29. The van der Waals surface area contributed by atoms with Crippen LogP contribution in [0, 0.1) is 0 Å². The number of nitrogens with zero attached hydrogens (tertiary/aromatic N) is 3. The molecule has 90 valence electrons. The van der Waals surface area contributed by atoms with Gasteiger partial charge in [0.1, 0.15) is 0 Å². The summed E-state index contributed by atoms with van der Waals surface area (Å²) in [4.78, 5) is 6.58. The van der Waals surface area contributed by atoms with Crippen molar-refractivity contribution in [2.45, 2.75) is 26.4 Å². The number of nitrogens with one attached hydrogen (secondary N) is 1. The topological polar surface area (TPSA) is 33.1 Å². The first-order valence-electron chi connectivity index (χ1n) is 5.71. The molecule has 0 unspecified atom stereocenters. The Morgan fingerprint density at radius 3 is 3.00 bits per heavy atom. The highest BCUT2D eigenvalue weighted by atomic mass is 15.2. The molecule has 0 aliphatic rings. The summed E-state index contributed by atoms with van der Waals surface area (Å²) in [6.45, 7) is 10.8. The monoisotopic (exact) mass is 222 g/mol. The first-order chi connectivity index (χ1) is 7.65. The van der Waals surface area contributed by atoms with E-state index in [0.29, 0.717) is 6.04 Å². The minimum absolute atomic E-state index is 0.577. The third-order valence-corrected chi connectivity index (χ3v) is 2.70. The Labute approximate surface area is 98.0 Å². The van der Waals surface area contributed by atoms with Crippen LogP contribution in [0.4, 0.5) is 5.95 Å². The molecule has 0 aliphatic carbocycles. The molecule has 1 N–H and O–H groups in total. The van der Waals surface area contributed by atoms with E-state index in [4.69, 9.17) is 0 Å². The third kappa shape index (κ3) is 3.70. The maximum atomic E-state index is 4.26. The molecule has 1 rings (SSSR count). The summed E-state index contributed by atoms with van der Waals surface area (Å²) in [5.41, 5.74) is 0. The molecule has 4 nitrogen and oxygen atoms in total. The molecule has 0 amide bonds. The van der Waals surface area contributed by atoms with Gasteiger partial charge >= 0.3 is 0 Å². The van der Waals surface area contributed by atoms with Crippen molar-refractivity contribution in [1.29, 1.82) is 0 Å². The molecule has 1 aromatic rings. The van der Waals surface area contributed by atoms with E-state index >= 15 is 0 Å². The quantitative estimate of drug-likeness (QED) is 0.714. The second-order valence-corrected chi connectivity index (χ2v) is 4.19. The van der Waals surface area contributed by atoms with E-state index in [1.165, 1.54) is 0 Å². The van der Waals surface area contributed by atoms with Crippen molar-refractivity contribution in [1.82, 2.24) is 14.5 Å². The highest BCUT2D eigenvalue weighted by Crippen LogP contribution is 2.04. The fourth-order valence-electron chi connectivity index (χ4n) is 1.34. The molecule has 1 aromatic heterocycles. The molecule has 4 heteroatoms. The van der Waals surface area contributed by atoms with E-state index in [1.807, 2.05) is 18.5 Å². The van der Waals surface area contributed by atoms with Crippen LogP contribution in [-0.4, -0.2) is 40.6 Å². The van der Waals surface area contributed by atoms with Gasteiger partial charge in [-0.15, -0.1) is 6.58 Å². The van der Waals surface area contributed by atoms with Gasteiger partial charge in [-0.25, -0.2) is 4.98 Å². The highest BCUT2D eigenvalue weighted by Gasteiger charge is 2.05. The molecule has 0 bridgehead atoms. The number of anilines is 1. The molecular weight excluding hydrogens is 200 g/mol. The molecule has 16 heavy (non-hydrogen) atoms. The fourth-order valence-corrected chi connectivity index (χ4v) is 1.34. The summed E-state index contributed by atoms with van der Waals surface area (Å²) < 4.78 is 2.13. The molecule has 0 radical (unpaired) electrons. The molecule has 0 saturated carbocycles. The molecule has 0 fully saturated rings. The summed E-state index contributed by atoms with van der Waals surface area (Å²) >= 11 is 0. The van der Waals surface area contributed by atoms with Crippen LogP contribution < -0.4 is 5.32 Å². The van der Waals surface area contributed by atoms with E-state index in [1.54, 1.807) is 0 Å². The van der Waals surface area contributed by atoms with Crippen LogP contribution >= 0.6 is 0 Å². The number of rotatable bonds is 7. The van der Waals surface area contributed by atoms with Crippen molar-refractivity contribution in [3.05, 3.63) is 25.0 Å². The number of imidazole rings is 1. The Morgan fingerprint density at radius 2 is 2.38 bits per heavy atom. The van der Waals surface area contributed by atoms with Gasteiger partial charge in [0, 0.05) is 38.1 Å². The van der Waals surface area contributed by atoms with E-state index in [-0.39, 0.29) is 0 Å². The van der Waals surface area contributed by atoms with Gasteiger partial charge in [-0.05, 0) is 20.9 Å². The zero-order chi connectivity index (χ0) is 12.0. The van der Waals surface area contributed by atoms with Gasteiger partial charge in [0.15, 0.2) is 0 Å². The standard InChI is InChI=1S/C12H22N4/c1-5-6-13-12-14-7-8-16(12)10-9-15(4)11(2)3/h5,7-8,11H,1,6,9-10H2,2-4H3,(H,13,14). The van der Waals surface area contributed by atoms with Crippen LogP contribution in [0.15, 0.2) is 25.0 Å². The largest absolute Gasteiger partial charge is 0.352 e. The summed E-state index contributed by atoms with van der Waals surface area (Å²) in [7, 11) is 2.14. The maximum absolute atomic E-state index is 4.26. The molecule has 0 spiro atoms. The Kier molecular flexibility index (Phi) is 5.05. The number of hydrogen-bond acceptors (Lipinski definition) is 3. The number of aromatic nitrogens is 2. The van der Waals surface area contributed by atoms with E-state index in [0.717, 1.165) is 25.6 Å². The lowest BCUT2D eigenvalue weighted by Gasteiger charge is -2.21. The van der Waals surface area contributed by atoms with Crippen molar-refractivity contribution in [3.63, 3.8) is 0 Å². The van der Waals surface area contributed by atoms with Crippen LogP contribution in [-0.2, 0) is 6.54 Å². The van der Waals surface area contributed by atoms with Crippen molar-refractivity contribution in [3.8, 4) is 0 Å². The van der Waals surface area contributed by atoms with Crippen molar-refractivity contribution in [2.75, 3.05) is 25.5 Å². The lowest BCUT2D eigenvalue weighted by Crippen LogP contribution is -2.29. The smallest absolute Gasteiger partial charge is 0.203 e. The van der Waals surface area contributed by atoms with Crippen LogP contribution in [0.25, 0.3) is 0 Å². The first kappa shape index (κ1) is 12.8. The molecule has 0 aliphatic heterocycles. The Morgan fingerprint density at radius 1 is 1.62 bits per heavy atom. The van der Waals surface area contributed by atoms with Crippen LogP contribution in [0.3, 0.4) is 0 Å². The SMILES string of the molecule is C=CCNc1nccn1CCN(C)C(C)C. The first-order valence-corrected chi connectivity index (χ1v) is 5.71. The average molecular weight is 222 g/mol. The van der Waals surface area contributed by atoms with Gasteiger partial charge in [0.05, 0.1) is 0 Å². The molecule has 1 heterocycles. The summed E-state index contributed by atoms with van der Waals surface area (Å²) in [5.74, 6) is 0.914. The maximum Gasteiger partial charge on any atom is 0.203 e. The summed E-state index contributed by atoms with van der Waals surface area (Å²) in [6.07, 6.45) is 5.65. The van der Waals surface area contributed by atoms with Crippen molar-refractivity contribution >= 4 is 5.95 Å². The minimum atomic E-state index is 0.577. The van der Waals surface area contributed by atoms with Gasteiger partial charge in [-0.1, -0.05) is 6.08 Å². The molecular formula is C12H22N4. The van der Waals surface area contributed by atoms with Gasteiger partial charge in [-0.3, -0.25) is 0 Å². The van der Waals surface area contributed by atoms with Crippen LogP contribution in [0.2, 0.25) is 0 Å². The normalized spacial score (nSPS) is 11.1. The summed E-state index contributed by atoms with van der Waals surface area (Å²) in [5, 5.41) is 3.21. The predicted molar refractivity (Wildman–Crippen MR) is 68.7 cm³/mol. The second kappa shape index (κ2) is 6.33. The van der Waals surface area contributed by atoms with Crippen molar-refractivity contribution in [2.24, 2.45) is 0 Å². The zero-order valence-electron chi connectivity index (χ0n) is 10.5. The van der Waals surface area contributed by atoms with E-state index in [9.17, 15) is 0 Å². The predicted octanol–water partition coefficient (Wildman–Crippen LogP) is 1.82. The highest BCUT2D eigenvalue weighted by molar-refractivity contribution is 5.26. The van der Waals surface area contributed by atoms with E-state index in [2.05, 4.69) is 47.2 Å². The van der Waals surface area contributed by atoms with Gasteiger partial charge in [-0.2, -0.15) is 0 Å². The molecule has 0 aromatic carbocycles. The van der Waals surface area contributed by atoms with Crippen LogP contribution in [0.5, 0.6) is 0 Å². The fraction of sp³-hybridized carbons (Fsp3) is 0.583. The number of likely N-dealkylation sites (N-methyl/N-ethyl adjacent to an activating group) is 1. The lowest BCUT2D eigenvalue weighted by molar-refractivity contribution is 0.263. The van der Waals surface area contributed by atoms with Gasteiger partial charge in [0.25, 0.3) is 0 Å². The third-order valence-electron chi connectivity index (χ3n) is 2.70. The van der Waals surface area contributed by atoms with E-state index < -0.39 is 0 Å². The van der Waals surface area contributed by atoms with Crippen LogP contribution in [0.1, 0.15) is 13.8 Å². The molecule has 0 saturated heterocycles. The zero-order valence-corrected chi connectivity index (χ0v) is 10.5. The van der Waals surface area contributed by atoms with Crippen molar-refractivity contribution < 1.29 is 0 Å². The minimum Gasteiger partial charge on any atom is -0.352 e. The lowest BCUT2D eigenvalue weighted by atomic mass is 10.3. The Balaban J connectivity index is 2.47. The number of hydrogen-bond donors (Lipinski definition) is 1. The average Bonchev–Trinajstić information content (AvgIpc) is 2.70. The molecule has 0 atom stereocenters.